The van der Waals surface area contributed by atoms with Gasteiger partial charge in [0.15, 0.2) is 11.5 Å². The lowest BCUT2D eigenvalue weighted by Gasteiger charge is -2.15. The van der Waals surface area contributed by atoms with Gasteiger partial charge in [0.1, 0.15) is 5.70 Å². The summed E-state index contributed by atoms with van der Waals surface area (Å²) >= 11 is 6.27. The number of carbonyl (C=O) groups excluding carboxylic acids is 2. The SMILES string of the molecule is COc1ccc(C2=C(Nc3ccc(C)c(Cl)c3)C(=O)N(Cc3ccccn3)C2=O)cc1OC. The Morgan fingerprint density at radius 1 is 0.970 bits per heavy atom. The van der Waals surface area contributed by atoms with Gasteiger partial charge in [-0.25, -0.2) is 0 Å². The van der Waals surface area contributed by atoms with Crippen LogP contribution in [0.1, 0.15) is 16.8 Å². The van der Waals surface area contributed by atoms with Gasteiger partial charge in [-0.15, -0.1) is 0 Å². The minimum absolute atomic E-state index is 0.0507. The number of nitrogens with one attached hydrogen (secondary N) is 1. The highest BCUT2D eigenvalue weighted by molar-refractivity contribution is 6.36. The van der Waals surface area contributed by atoms with Crippen LogP contribution in [0.5, 0.6) is 11.5 Å². The van der Waals surface area contributed by atoms with Crippen molar-refractivity contribution in [1.29, 1.82) is 0 Å². The summed E-state index contributed by atoms with van der Waals surface area (Å²) in [6, 6.07) is 15.8. The summed E-state index contributed by atoms with van der Waals surface area (Å²) in [6.45, 7) is 1.94. The molecule has 33 heavy (non-hydrogen) atoms. The normalized spacial score (nSPS) is 13.5. The van der Waals surface area contributed by atoms with Crippen molar-refractivity contribution in [1.82, 2.24) is 9.88 Å². The van der Waals surface area contributed by atoms with Gasteiger partial charge >= 0.3 is 0 Å². The van der Waals surface area contributed by atoms with Crippen molar-refractivity contribution in [3.8, 4) is 11.5 Å². The Morgan fingerprint density at radius 3 is 2.42 bits per heavy atom. The summed E-state index contributed by atoms with van der Waals surface area (Å²) in [6.07, 6.45) is 1.62. The van der Waals surface area contributed by atoms with E-state index in [4.69, 9.17) is 21.1 Å². The Bertz CT molecular complexity index is 1260. The highest BCUT2D eigenvalue weighted by Gasteiger charge is 2.39. The molecule has 168 valence electrons. The first-order valence-corrected chi connectivity index (χ1v) is 10.6. The Kier molecular flexibility index (Phi) is 6.33. The lowest BCUT2D eigenvalue weighted by atomic mass is 10.0. The zero-order valence-corrected chi connectivity index (χ0v) is 19.1. The number of rotatable bonds is 7. The second kappa shape index (κ2) is 9.34. The predicted octanol–water partition coefficient (Wildman–Crippen LogP) is 4.45. The van der Waals surface area contributed by atoms with Crippen LogP contribution in [0.3, 0.4) is 0 Å². The number of carbonyl (C=O) groups is 2. The molecule has 0 bridgehead atoms. The van der Waals surface area contributed by atoms with Gasteiger partial charge in [0.2, 0.25) is 0 Å². The molecule has 0 radical (unpaired) electrons. The number of nitrogens with zero attached hydrogens (tertiary/aromatic N) is 2. The van der Waals surface area contributed by atoms with E-state index in [0.717, 1.165) is 5.56 Å². The first-order valence-electron chi connectivity index (χ1n) is 10.2. The quantitative estimate of drug-likeness (QED) is 0.521. The molecule has 0 atom stereocenters. The molecule has 7 nitrogen and oxygen atoms in total. The fourth-order valence-corrected chi connectivity index (χ4v) is 3.74. The molecule has 0 aliphatic carbocycles. The molecular weight excluding hydrogens is 442 g/mol. The second-order valence-corrected chi connectivity index (χ2v) is 7.83. The summed E-state index contributed by atoms with van der Waals surface area (Å²) in [5.41, 5.74) is 3.01. The number of halogens is 1. The van der Waals surface area contributed by atoms with Crippen LogP contribution in [0.25, 0.3) is 5.57 Å². The average Bonchev–Trinajstić information content (AvgIpc) is 3.05. The number of hydrogen-bond acceptors (Lipinski definition) is 6. The Hall–Kier alpha value is -3.84. The molecule has 2 aromatic carbocycles. The lowest BCUT2D eigenvalue weighted by molar-refractivity contribution is -0.137. The van der Waals surface area contributed by atoms with Gasteiger partial charge in [-0.3, -0.25) is 19.5 Å². The van der Waals surface area contributed by atoms with E-state index < -0.39 is 11.8 Å². The number of amides is 2. The number of imide groups is 1. The van der Waals surface area contributed by atoms with E-state index in [1.54, 1.807) is 48.7 Å². The Labute approximate surface area is 196 Å². The molecule has 0 spiro atoms. The molecule has 2 heterocycles. The van der Waals surface area contributed by atoms with Crippen LogP contribution in [-0.4, -0.2) is 35.9 Å². The minimum Gasteiger partial charge on any atom is -0.493 e. The molecule has 8 heteroatoms. The fourth-order valence-electron chi connectivity index (χ4n) is 3.56. The Morgan fingerprint density at radius 2 is 1.76 bits per heavy atom. The van der Waals surface area contributed by atoms with Crippen molar-refractivity contribution >= 4 is 34.7 Å². The number of aromatic nitrogens is 1. The van der Waals surface area contributed by atoms with Crippen LogP contribution in [0, 0.1) is 6.92 Å². The first kappa shape index (κ1) is 22.4. The lowest BCUT2D eigenvalue weighted by Crippen LogP contribution is -2.32. The molecule has 1 aliphatic heterocycles. The van der Waals surface area contributed by atoms with E-state index in [9.17, 15) is 9.59 Å². The largest absolute Gasteiger partial charge is 0.493 e. The molecule has 0 saturated carbocycles. The molecular formula is C25H22ClN3O4. The zero-order chi connectivity index (χ0) is 23.5. The third-order valence-electron chi connectivity index (χ3n) is 5.33. The van der Waals surface area contributed by atoms with Gasteiger partial charge in [0, 0.05) is 16.9 Å². The number of pyridine rings is 1. The van der Waals surface area contributed by atoms with Gasteiger partial charge in [-0.05, 0) is 54.4 Å². The van der Waals surface area contributed by atoms with Crippen molar-refractivity contribution in [2.75, 3.05) is 19.5 Å². The van der Waals surface area contributed by atoms with Gasteiger partial charge in [0.05, 0.1) is 32.0 Å². The third-order valence-corrected chi connectivity index (χ3v) is 5.73. The highest BCUT2D eigenvalue weighted by atomic mass is 35.5. The number of anilines is 1. The molecule has 2 amide bonds. The number of ether oxygens (including phenoxy) is 2. The zero-order valence-electron chi connectivity index (χ0n) is 18.4. The van der Waals surface area contributed by atoms with Crippen molar-refractivity contribution < 1.29 is 19.1 Å². The molecule has 1 N–H and O–H groups in total. The van der Waals surface area contributed by atoms with Gasteiger partial charge in [0.25, 0.3) is 11.8 Å². The maximum absolute atomic E-state index is 13.5. The van der Waals surface area contributed by atoms with E-state index in [-0.39, 0.29) is 17.8 Å². The fraction of sp³-hybridized carbons (Fsp3) is 0.160. The smallest absolute Gasteiger partial charge is 0.278 e. The van der Waals surface area contributed by atoms with Crippen LogP contribution in [0.2, 0.25) is 5.02 Å². The summed E-state index contributed by atoms with van der Waals surface area (Å²) < 4.78 is 10.7. The molecule has 1 aliphatic rings. The van der Waals surface area contributed by atoms with Crippen molar-refractivity contribution in [3.05, 3.63) is 88.3 Å². The molecule has 0 fully saturated rings. The molecule has 0 saturated heterocycles. The Balaban J connectivity index is 1.79. The summed E-state index contributed by atoms with van der Waals surface area (Å²) in [4.78, 5) is 32.3. The highest BCUT2D eigenvalue weighted by Crippen LogP contribution is 2.36. The average molecular weight is 464 g/mol. The first-order chi connectivity index (χ1) is 15.9. The van der Waals surface area contributed by atoms with E-state index in [0.29, 0.717) is 33.5 Å². The summed E-state index contributed by atoms with van der Waals surface area (Å²) in [5, 5.41) is 3.66. The van der Waals surface area contributed by atoms with E-state index in [2.05, 4.69) is 10.3 Å². The van der Waals surface area contributed by atoms with Crippen LogP contribution < -0.4 is 14.8 Å². The van der Waals surface area contributed by atoms with Gasteiger partial charge < -0.3 is 14.8 Å². The van der Waals surface area contributed by atoms with Gasteiger partial charge in [-0.1, -0.05) is 29.8 Å². The summed E-state index contributed by atoms with van der Waals surface area (Å²) in [5.74, 6) is 0.0816. The standard InChI is InChI=1S/C25H22ClN3O4/c1-15-7-9-17(13-19(15)26)28-23-22(16-8-10-20(32-2)21(12-16)33-3)24(30)29(25(23)31)14-18-6-4-5-11-27-18/h4-13,28H,14H2,1-3H3. The number of benzene rings is 2. The number of aryl methyl sites for hydroxylation is 1. The van der Waals surface area contributed by atoms with Crippen LogP contribution in [0.15, 0.2) is 66.5 Å². The van der Waals surface area contributed by atoms with Crippen LogP contribution in [-0.2, 0) is 16.1 Å². The van der Waals surface area contributed by atoms with E-state index in [1.165, 1.54) is 19.1 Å². The van der Waals surface area contributed by atoms with Crippen LogP contribution in [0.4, 0.5) is 5.69 Å². The monoisotopic (exact) mass is 463 g/mol. The molecule has 4 rings (SSSR count). The maximum atomic E-state index is 13.5. The van der Waals surface area contributed by atoms with E-state index >= 15 is 0 Å². The minimum atomic E-state index is -0.452. The summed E-state index contributed by atoms with van der Waals surface area (Å²) in [7, 11) is 3.04. The van der Waals surface area contributed by atoms with E-state index in [1.807, 2.05) is 19.1 Å². The molecule has 1 aromatic heterocycles. The van der Waals surface area contributed by atoms with Gasteiger partial charge in [-0.2, -0.15) is 0 Å². The number of methoxy groups -OCH3 is 2. The molecule has 3 aromatic rings. The van der Waals surface area contributed by atoms with Crippen molar-refractivity contribution in [2.45, 2.75) is 13.5 Å². The van der Waals surface area contributed by atoms with Crippen LogP contribution >= 0.6 is 11.6 Å². The molecule has 0 unspecified atom stereocenters. The third kappa shape index (κ3) is 4.40. The topological polar surface area (TPSA) is 80.8 Å². The van der Waals surface area contributed by atoms with Crippen molar-refractivity contribution in [3.63, 3.8) is 0 Å². The second-order valence-electron chi connectivity index (χ2n) is 7.43. The maximum Gasteiger partial charge on any atom is 0.278 e. The predicted molar refractivity (Wildman–Crippen MR) is 126 cm³/mol. The number of hydrogen-bond donors (Lipinski definition) is 1. The van der Waals surface area contributed by atoms with Crippen molar-refractivity contribution in [2.24, 2.45) is 0 Å².